The van der Waals surface area contributed by atoms with Crippen molar-refractivity contribution in [2.75, 3.05) is 31.1 Å². The number of nitrogens with two attached hydrogens (primary N) is 3. The molecule has 8 atom stereocenters. The van der Waals surface area contributed by atoms with Crippen LogP contribution in [0.5, 0.6) is 5.75 Å². The zero-order chi connectivity index (χ0) is 57.9. The SMILES string of the molecule is CC(C)C[C@H](NC(=O)[C@@H](N)CS)C(=O)NCC(=O)N[C@@H](CCCN=C(N)N)C(=O)NCC(=O)N[C@@H](Cc1ccccc1)C(=O)N[C@@H](C)C(=O)N[C@@H](Cc1cnc[nH]1)C(=O)N[C@@H](CS)C(=O)N[C@@H](Cc1ccc(O)cc1)C(=O)O. The first-order chi connectivity index (χ1) is 37.0. The molecule has 0 aliphatic heterocycles. The minimum absolute atomic E-state index is 0.0255. The molecule has 29 heteroatoms. The number of nitrogens with zero attached hydrogens (tertiary/aromatic N) is 2. The van der Waals surface area contributed by atoms with Crippen LogP contribution < -0.4 is 65.1 Å². The van der Waals surface area contributed by atoms with Crippen molar-refractivity contribution in [1.82, 2.24) is 57.8 Å². The maximum Gasteiger partial charge on any atom is 0.326 e. The molecule has 0 saturated heterocycles. The van der Waals surface area contributed by atoms with Gasteiger partial charge in [-0.2, -0.15) is 25.3 Å². The largest absolute Gasteiger partial charge is 0.508 e. The third-order valence-corrected chi connectivity index (χ3v) is 12.2. The van der Waals surface area contributed by atoms with E-state index in [1.807, 2.05) is 13.8 Å². The maximum atomic E-state index is 13.9. The summed E-state index contributed by atoms with van der Waals surface area (Å²) in [4.78, 5) is 143. The number of thiol groups is 2. The number of carboxylic acid groups (broad SMARTS) is 1. The molecule has 426 valence electrons. The van der Waals surface area contributed by atoms with E-state index >= 15 is 0 Å². The van der Waals surface area contributed by atoms with E-state index in [1.54, 1.807) is 30.3 Å². The molecule has 3 aromatic rings. The number of guanidine groups is 1. The van der Waals surface area contributed by atoms with E-state index in [-0.39, 0.29) is 74.2 Å². The van der Waals surface area contributed by atoms with Gasteiger partial charge < -0.3 is 80.2 Å². The van der Waals surface area contributed by atoms with E-state index in [9.17, 15) is 58.2 Å². The van der Waals surface area contributed by atoms with Gasteiger partial charge in [0.05, 0.1) is 25.5 Å². The molecule has 0 fully saturated rings. The van der Waals surface area contributed by atoms with Crippen molar-refractivity contribution in [2.45, 2.75) is 108 Å². The van der Waals surface area contributed by atoms with Crippen LogP contribution in [0.4, 0.5) is 0 Å². The van der Waals surface area contributed by atoms with Gasteiger partial charge in [0.15, 0.2) is 5.96 Å². The number of carbonyl (C=O) groups excluding carboxylic acids is 9. The number of aromatic amines is 1. The zero-order valence-corrected chi connectivity index (χ0v) is 45.1. The molecule has 27 nitrogen and oxygen atoms in total. The van der Waals surface area contributed by atoms with Crippen LogP contribution in [0.1, 0.15) is 56.9 Å². The van der Waals surface area contributed by atoms with Crippen LogP contribution in [0.3, 0.4) is 0 Å². The smallest absolute Gasteiger partial charge is 0.326 e. The van der Waals surface area contributed by atoms with Crippen molar-refractivity contribution in [3.05, 3.63) is 83.9 Å². The van der Waals surface area contributed by atoms with Gasteiger partial charge in [-0.3, -0.25) is 48.1 Å². The van der Waals surface area contributed by atoms with Gasteiger partial charge in [-0.05, 0) is 55.4 Å². The van der Waals surface area contributed by atoms with Crippen molar-refractivity contribution in [1.29, 1.82) is 0 Å². The molecular formula is C49H71N15O12S2. The van der Waals surface area contributed by atoms with Gasteiger partial charge in [-0.15, -0.1) is 0 Å². The highest BCUT2D eigenvalue weighted by Gasteiger charge is 2.33. The first-order valence-electron chi connectivity index (χ1n) is 24.7. The molecule has 0 saturated carbocycles. The van der Waals surface area contributed by atoms with Crippen molar-refractivity contribution in [2.24, 2.45) is 28.1 Å². The summed E-state index contributed by atoms with van der Waals surface area (Å²) < 4.78 is 0. The average Bonchev–Trinajstić information content (AvgIpc) is 3.92. The normalized spacial score (nSPS) is 14.0. The zero-order valence-electron chi connectivity index (χ0n) is 43.3. The fourth-order valence-electron chi connectivity index (χ4n) is 7.28. The number of carbonyl (C=O) groups is 10. The highest BCUT2D eigenvalue weighted by atomic mass is 32.1. The Balaban J connectivity index is 1.71. The van der Waals surface area contributed by atoms with E-state index in [1.165, 1.54) is 43.7 Å². The Bertz CT molecular complexity index is 2520. The molecule has 0 radical (unpaired) electrons. The Morgan fingerprint density at radius 1 is 0.615 bits per heavy atom. The number of aromatic hydroxyl groups is 1. The van der Waals surface area contributed by atoms with E-state index in [4.69, 9.17) is 17.2 Å². The van der Waals surface area contributed by atoms with Gasteiger partial charge >= 0.3 is 5.97 Å². The maximum absolute atomic E-state index is 13.9. The van der Waals surface area contributed by atoms with E-state index in [2.05, 4.69) is 88.1 Å². The number of H-pyrrole nitrogens is 1. The van der Waals surface area contributed by atoms with Crippen molar-refractivity contribution in [3.63, 3.8) is 0 Å². The number of hydrogen-bond acceptors (Lipinski definition) is 16. The average molecular weight is 1130 g/mol. The van der Waals surface area contributed by atoms with Gasteiger partial charge in [-0.25, -0.2) is 9.78 Å². The Morgan fingerprint density at radius 2 is 1.14 bits per heavy atom. The lowest BCUT2D eigenvalue weighted by Crippen LogP contribution is -2.59. The Morgan fingerprint density at radius 3 is 1.71 bits per heavy atom. The summed E-state index contributed by atoms with van der Waals surface area (Å²) in [5.41, 5.74) is 18.1. The third-order valence-electron chi connectivity index (χ3n) is 11.4. The summed E-state index contributed by atoms with van der Waals surface area (Å²) in [6.45, 7) is 3.77. The second-order valence-electron chi connectivity index (χ2n) is 18.4. The minimum Gasteiger partial charge on any atom is -0.508 e. The van der Waals surface area contributed by atoms with Crippen LogP contribution in [0.25, 0.3) is 0 Å². The van der Waals surface area contributed by atoms with Crippen LogP contribution in [0.15, 0.2) is 72.1 Å². The van der Waals surface area contributed by atoms with Crippen molar-refractivity contribution < 1.29 is 58.2 Å². The van der Waals surface area contributed by atoms with Crippen LogP contribution in [-0.2, 0) is 67.2 Å². The molecular weight excluding hydrogens is 1050 g/mol. The Hall–Kier alpha value is -7.92. The van der Waals surface area contributed by atoms with Gasteiger partial charge in [0.1, 0.15) is 48.0 Å². The van der Waals surface area contributed by atoms with Crippen molar-refractivity contribution >= 4 is 90.4 Å². The molecule has 0 aliphatic rings. The van der Waals surface area contributed by atoms with Gasteiger partial charge in [-0.1, -0.05) is 56.3 Å². The number of aliphatic carboxylic acids is 1. The highest BCUT2D eigenvalue weighted by molar-refractivity contribution is 7.80. The first kappa shape index (κ1) is 64.4. The summed E-state index contributed by atoms with van der Waals surface area (Å²) in [6.07, 6.45) is 2.70. The Kier molecular flexibility index (Phi) is 27.5. The summed E-state index contributed by atoms with van der Waals surface area (Å²) in [5, 5.41) is 42.0. The van der Waals surface area contributed by atoms with E-state index in [0.29, 0.717) is 16.8 Å². The fraction of sp³-hybridized carbons (Fsp3) is 0.469. The monoisotopic (exact) mass is 1130 g/mol. The molecule has 9 amide bonds. The number of carboxylic acids is 1. The van der Waals surface area contributed by atoms with E-state index in [0.717, 1.165) is 0 Å². The predicted octanol–water partition coefficient (Wildman–Crippen LogP) is -3.84. The van der Waals surface area contributed by atoms with Crippen LogP contribution >= 0.6 is 25.3 Å². The molecule has 3 rings (SSSR count). The van der Waals surface area contributed by atoms with Crippen LogP contribution in [-0.4, -0.2) is 165 Å². The lowest BCUT2D eigenvalue weighted by molar-refractivity contribution is -0.142. The summed E-state index contributed by atoms with van der Waals surface area (Å²) in [5.74, 6) is -9.12. The molecule has 78 heavy (non-hydrogen) atoms. The number of aromatic nitrogens is 2. The van der Waals surface area contributed by atoms with Crippen LogP contribution in [0, 0.1) is 5.92 Å². The second-order valence-corrected chi connectivity index (χ2v) is 19.1. The molecule has 2 aromatic carbocycles. The van der Waals surface area contributed by atoms with E-state index < -0.39 is 121 Å². The second kappa shape index (κ2) is 33.3. The first-order valence-corrected chi connectivity index (χ1v) is 26.0. The number of phenols is 1. The third kappa shape index (κ3) is 23.5. The molecule has 1 heterocycles. The standard InChI is InChI=1S/C49H71N15O12S2/c1-26(2)16-34(62-42(69)32(50)23-77)44(71)56-21-39(66)59-33(10-7-15-54-49(51)52)43(70)55-22-40(67)60-35(17-28-8-5-4-6-9-28)45(72)58-27(3)41(68)61-36(19-30-20-53-25-57-30)46(73)64-38(24-78)47(74)63-37(48(75)76)18-29-11-13-31(65)14-12-29/h4-6,8-9,11-14,20,25-27,32-38,65,77-78H,7,10,15-19,21-24,50H2,1-3H3,(H,53,57)(H,55,70)(H,56,71)(H,58,72)(H,59,66)(H,60,67)(H,61,68)(H,62,69)(H,63,74)(H,64,73)(H,75,76)(H4,51,52,54)/t27-,32-,33-,34-,35-,36-,37-,38-/m0/s1. The molecule has 0 unspecified atom stereocenters. The quantitative estimate of drug-likeness (QED) is 0.0120. The molecule has 0 bridgehead atoms. The number of benzene rings is 2. The predicted molar refractivity (Wildman–Crippen MR) is 292 cm³/mol. The number of nitrogens with one attached hydrogen (secondary N) is 10. The number of hydrogen-bond donors (Lipinski definition) is 17. The van der Waals surface area contributed by atoms with Gasteiger partial charge in [0, 0.05) is 49.2 Å². The van der Waals surface area contributed by atoms with Gasteiger partial charge in [0.25, 0.3) is 0 Å². The highest BCUT2D eigenvalue weighted by Crippen LogP contribution is 2.13. The number of imidazole rings is 1. The number of aliphatic imine (C=N–C) groups is 1. The topological polar surface area (TPSA) is 439 Å². The lowest BCUT2D eigenvalue weighted by atomic mass is 10.0. The number of rotatable bonds is 33. The molecule has 1 aromatic heterocycles. The summed E-state index contributed by atoms with van der Waals surface area (Å²) in [7, 11) is 0. The minimum atomic E-state index is -1.43. The molecule has 18 N–H and O–H groups in total. The molecule has 0 spiro atoms. The Labute approximate surface area is 461 Å². The fourth-order valence-corrected chi connectivity index (χ4v) is 7.70. The summed E-state index contributed by atoms with van der Waals surface area (Å²) >= 11 is 8.21. The summed E-state index contributed by atoms with van der Waals surface area (Å²) in [6, 6.07) is 4.03. The van der Waals surface area contributed by atoms with Crippen molar-refractivity contribution in [3.8, 4) is 5.75 Å². The van der Waals surface area contributed by atoms with Gasteiger partial charge in [0.2, 0.25) is 53.2 Å². The lowest BCUT2D eigenvalue weighted by Gasteiger charge is -2.25. The molecule has 0 aliphatic carbocycles. The number of amides is 9. The van der Waals surface area contributed by atoms with Crippen LogP contribution in [0.2, 0.25) is 0 Å². The number of phenolic OH excluding ortho intramolecular Hbond substituents is 1.